The standard InChI is InChI=1S/C17H18N2O2S/c1-11(19(21)17(18)20)14-9-8-13-7-6-12-4-2-3-5-15(12)22-16(13)10-14/h2-5,8-11,21H,6-7H2,1H3,(H2,18,20). The number of primary amides is 1. The lowest BCUT2D eigenvalue weighted by Crippen LogP contribution is -2.34. The molecule has 2 aromatic carbocycles. The molecule has 0 bridgehead atoms. The van der Waals surface area contributed by atoms with E-state index in [2.05, 4.69) is 24.3 Å². The van der Waals surface area contributed by atoms with Gasteiger partial charge in [0, 0.05) is 9.79 Å². The van der Waals surface area contributed by atoms with E-state index in [-0.39, 0.29) is 0 Å². The van der Waals surface area contributed by atoms with Gasteiger partial charge in [0.15, 0.2) is 0 Å². The monoisotopic (exact) mass is 314 g/mol. The van der Waals surface area contributed by atoms with Gasteiger partial charge in [-0.15, -0.1) is 0 Å². The van der Waals surface area contributed by atoms with E-state index in [1.165, 1.54) is 20.9 Å². The zero-order valence-electron chi connectivity index (χ0n) is 12.3. The SMILES string of the molecule is CC(c1ccc2c(c1)Sc1ccccc1CC2)N(O)C(N)=O. The molecule has 1 atom stereocenters. The summed E-state index contributed by atoms with van der Waals surface area (Å²) in [6, 6.07) is 13.2. The van der Waals surface area contributed by atoms with Crippen molar-refractivity contribution in [3.63, 3.8) is 0 Å². The molecule has 1 aliphatic heterocycles. The average molecular weight is 314 g/mol. The van der Waals surface area contributed by atoms with Crippen molar-refractivity contribution in [3.05, 3.63) is 59.2 Å². The molecule has 0 fully saturated rings. The van der Waals surface area contributed by atoms with Gasteiger partial charge in [0.05, 0.1) is 6.04 Å². The summed E-state index contributed by atoms with van der Waals surface area (Å²) in [5, 5.41) is 10.3. The minimum absolute atomic E-state index is 0.470. The third-order valence-corrected chi connectivity index (χ3v) is 5.24. The maximum absolute atomic E-state index is 11.1. The molecule has 114 valence electrons. The van der Waals surface area contributed by atoms with E-state index < -0.39 is 12.1 Å². The third kappa shape index (κ3) is 2.82. The number of rotatable bonds is 2. The first-order valence-electron chi connectivity index (χ1n) is 7.22. The minimum atomic E-state index is -0.847. The van der Waals surface area contributed by atoms with Crippen LogP contribution in [0.15, 0.2) is 52.3 Å². The third-order valence-electron chi connectivity index (χ3n) is 4.02. The van der Waals surface area contributed by atoms with Crippen molar-refractivity contribution in [3.8, 4) is 0 Å². The van der Waals surface area contributed by atoms with E-state index in [9.17, 15) is 10.0 Å². The Morgan fingerprint density at radius 2 is 1.86 bits per heavy atom. The Morgan fingerprint density at radius 3 is 2.59 bits per heavy atom. The first-order valence-corrected chi connectivity index (χ1v) is 8.04. The van der Waals surface area contributed by atoms with E-state index >= 15 is 0 Å². The van der Waals surface area contributed by atoms with Crippen LogP contribution in [0.25, 0.3) is 0 Å². The summed E-state index contributed by atoms with van der Waals surface area (Å²) in [4.78, 5) is 13.6. The van der Waals surface area contributed by atoms with Crippen molar-refractivity contribution < 1.29 is 10.0 Å². The van der Waals surface area contributed by atoms with Gasteiger partial charge in [-0.25, -0.2) is 4.79 Å². The number of hydroxylamine groups is 2. The Balaban J connectivity index is 1.94. The molecule has 4 nitrogen and oxygen atoms in total. The van der Waals surface area contributed by atoms with Crippen LogP contribution < -0.4 is 5.73 Å². The van der Waals surface area contributed by atoms with Crippen LogP contribution in [0.2, 0.25) is 0 Å². The summed E-state index contributed by atoms with van der Waals surface area (Å²) in [5.41, 5.74) is 8.65. The molecule has 1 heterocycles. The van der Waals surface area contributed by atoms with Gasteiger partial charge < -0.3 is 5.73 Å². The predicted molar refractivity (Wildman–Crippen MR) is 86.0 cm³/mol. The molecule has 0 saturated heterocycles. The molecule has 0 saturated carbocycles. The number of benzene rings is 2. The topological polar surface area (TPSA) is 66.6 Å². The lowest BCUT2D eigenvalue weighted by molar-refractivity contribution is -0.0710. The smallest absolute Gasteiger partial charge is 0.339 e. The van der Waals surface area contributed by atoms with E-state index in [0.29, 0.717) is 5.06 Å². The highest BCUT2D eigenvalue weighted by Gasteiger charge is 2.20. The summed E-state index contributed by atoms with van der Waals surface area (Å²) < 4.78 is 0. The second-order valence-corrected chi connectivity index (χ2v) is 6.52. The maximum atomic E-state index is 11.1. The highest BCUT2D eigenvalue weighted by Crippen LogP contribution is 2.38. The largest absolute Gasteiger partial charge is 0.350 e. The number of nitrogens with zero attached hydrogens (tertiary/aromatic N) is 1. The number of hydrogen-bond donors (Lipinski definition) is 2. The van der Waals surface area contributed by atoms with Crippen molar-refractivity contribution >= 4 is 17.8 Å². The number of hydrogen-bond acceptors (Lipinski definition) is 3. The van der Waals surface area contributed by atoms with Crippen LogP contribution in [0.3, 0.4) is 0 Å². The summed E-state index contributed by atoms with van der Waals surface area (Å²) in [6.45, 7) is 1.75. The van der Waals surface area contributed by atoms with Gasteiger partial charge in [-0.3, -0.25) is 5.21 Å². The summed E-state index contributed by atoms with van der Waals surface area (Å²) in [7, 11) is 0. The van der Waals surface area contributed by atoms with Crippen molar-refractivity contribution in [1.82, 2.24) is 5.06 Å². The number of carbonyl (C=O) groups is 1. The highest BCUT2D eigenvalue weighted by atomic mass is 32.2. The lowest BCUT2D eigenvalue weighted by Gasteiger charge is -2.21. The van der Waals surface area contributed by atoms with E-state index in [1.807, 2.05) is 18.2 Å². The molecule has 5 heteroatoms. The fraction of sp³-hybridized carbons (Fsp3) is 0.235. The zero-order chi connectivity index (χ0) is 15.7. The van der Waals surface area contributed by atoms with Crippen LogP contribution in [0.1, 0.15) is 29.7 Å². The quantitative estimate of drug-likeness (QED) is 0.655. The van der Waals surface area contributed by atoms with Crippen LogP contribution >= 0.6 is 11.8 Å². The predicted octanol–water partition coefficient (Wildman–Crippen LogP) is 3.77. The van der Waals surface area contributed by atoms with Gasteiger partial charge in [0.2, 0.25) is 0 Å². The Kier molecular flexibility index (Phi) is 4.09. The number of urea groups is 1. The summed E-state index contributed by atoms with van der Waals surface area (Å²) in [5.74, 6) is 0. The van der Waals surface area contributed by atoms with Crippen LogP contribution in [0, 0.1) is 0 Å². The van der Waals surface area contributed by atoms with Crippen molar-refractivity contribution in [2.45, 2.75) is 35.6 Å². The zero-order valence-corrected chi connectivity index (χ0v) is 13.1. The van der Waals surface area contributed by atoms with Crippen LogP contribution in [-0.4, -0.2) is 16.3 Å². The summed E-state index contributed by atoms with van der Waals surface area (Å²) >= 11 is 1.74. The Hall–Kier alpha value is -1.98. The van der Waals surface area contributed by atoms with Gasteiger partial charge >= 0.3 is 6.03 Å². The van der Waals surface area contributed by atoms with Gasteiger partial charge in [-0.1, -0.05) is 42.1 Å². The van der Waals surface area contributed by atoms with Gasteiger partial charge in [-0.2, -0.15) is 5.06 Å². The second kappa shape index (κ2) is 6.02. The molecule has 1 aliphatic rings. The van der Waals surface area contributed by atoms with Crippen molar-refractivity contribution in [1.29, 1.82) is 0 Å². The molecule has 22 heavy (non-hydrogen) atoms. The second-order valence-electron chi connectivity index (χ2n) is 5.44. The molecular formula is C17H18N2O2S. The first kappa shape index (κ1) is 14.9. The number of nitrogens with two attached hydrogens (primary N) is 1. The van der Waals surface area contributed by atoms with E-state index in [1.54, 1.807) is 18.7 Å². The van der Waals surface area contributed by atoms with Gasteiger partial charge in [0.1, 0.15) is 0 Å². The first-order chi connectivity index (χ1) is 10.6. The molecule has 0 aromatic heterocycles. The molecule has 2 amide bonds. The van der Waals surface area contributed by atoms with Gasteiger partial charge in [-0.05, 0) is 48.6 Å². The molecule has 0 aliphatic carbocycles. The normalized spacial score (nSPS) is 14.5. The number of aryl methyl sites for hydroxylation is 2. The van der Waals surface area contributed by atoms with Crippen LogP contribution in [0.5, 0.6) is 0 Å². The van der Waals surface area contributed by atoms with Crippen LogP contribution in [0.4, 0.5) is 4.79 Å². The molecule has 2 aromatic rings. The minimum Gasteiger partial charge on any atom is -0.350 e. The fourth-order valence-electron chi connectivity index (χ4n) is 2.66. The van der Waals surface area contributed by atoms with Crippen molar-refractivity contribution in [2.24, 2.45) is 5.73 Å². The molecule has 1 unspecified atom stereocenters. The summed E-state index contributed by atoms with van der Waals surface area (Å²) in [6.07, 6.45) is 2.02. The Bertz CT molecular complexity index is 718. The van der Waals surface area contributed by atoms with Crippen LogP contribution in [-0.2, 0) is 12.8 Å². The van der Waals surface area contributed by atoms with Gasteiger partial charge in [0.25, 0.3) is 0 Å². The average Bonchev–Trinajstić information content (AvgIpc) is 2.71. The molecule has 3 rings (SSSR count). The molecule has 3 N–H and O–H groups in total. The van der Waals surface area contributed by atoms with E-state index in [0.717, 1.165) is 18.4 Å². The maximum Gasteiger partial charge on any atom is 0.339 e. The highest BCUT2D eigenvalue weighted by molar-refractivity contribution is 7.99. The van der Waals surface area contributed by atoms with Crippen molar-refractivity contribution in [2.75, 3.05) is 0 Å². The number of fused-ring (bicyclic) bond motifs is 2. The fourth-order valence-corrected chi connectivity index (χ4v) is 3.84. The van der Waals surface area contributed by atoms with E-state index in [4.69, 9.17) is 5.73 Å². The number of carbonyl (C=O) groups excluding carboxylic acids is 1. The Labute approximate surface area is 133 Å². The number of amides is 2. The molecule has 0 radical (unpaired) electrons. The lowest BCUT2D eigenvalue weighted by atomic mass is 10.0. The molecular weight excluding hydrogens is 296 g/mol. The Morgan fingerprint density at radius 1 is 1.18 bits per heavy atom. The molecule has 0 spiro atoms.